The van der Waals surface area contributed by atoms with Gasteiger partial charge in [0.1, 0.15) is 17.1 Å². The van der Waals surface area contributed by atoms with Crippen molar-refractivity contribution in [1.29, 1.82) is 0 Å². The Bertz CT molecular complexity index is 1420. The van der Waals surface area contributed by atoms with Crippen LogP contribution in [0.1, 0.15) is 11.3 Å². The number of aryl methyl sites for hydroxylation is 1. The number of ether oxygens (including phenoxy) is 2. The van der Waals surface area contributed by atoms with Gasteiger partial charge in [-0.25, -0.2) is 9.69 Å². The highest BCUT2D eigenvalue weighted by Crippen LogP contribution is 2.36. The van der Waals surface area contributed by atoms with E-state index >= 15 is 0 Å². The Kier molecular flexibility index (Phi) is 4.86. The molecule has 0 unspecified atom stereocenters. The average molecular weight is 461 g/mol. The third-order valence-electron chi connectivity index (χ3n) is 5.32. The number of hydrogen-bond acceptors (Lipinski definition) is 8. The third kappa shape index (κ3) is 3.54. The summed E-state index contributed by atoms with van der Waals surface area (Å²) in [5.41, 5.74) is 1.08. The largest absolute Gasteiger partial charge is 0.457 e. The molecule has 0 saturated carbocycles. The molecule has 2 aliphatic heterocycles. The first kappa shape index (κ1) is 20.9. The van der Waals surface area contributed by atoms with Gasteiger partial charge in [0.25, 0.3) is 17.5 Å². The van der Waals surface area contributed by atoms with Gasteiger partial charge in [-0.1, -0.05) is 0 Å². The number of nitrogens with zero attached hydrogens (tertiary/aromatic N) is 2. The SMILES string of the molecule is Cc1cc([N+](=O)[O-])ccc1-c1ccc(/C=C2/C(=O)NC(=O)N(c3ccc4c(c3)OCO4)C2=O)o1. The van der Waals surface area contributed by atoms with E-state index in [0.717, 1.165) is 4.90 Å². The molecular weight excluding hydrogens is 446 g/mol. The van der Waals surface area contributed by atoms with Crippen LogP contribution < -0.4 is 19.7 Å². The second-order valence-electron chi connectivity index (χ2n) is 7.45. The smallest absolute Gasteiger partial charge is 0.335 e. The molecule has 0 spiro atoms. The Hall–Kier alpha value is -4.93. The van der Waals surface area contributed by atoms with Gasteiger partial charge in [-0.15, -0.1) is 0 Å². The van der Waals surface area contributed by atoms with Crippen molar-refractivity contribution < 1.29 is 33.2 Å². The van der Waals surface area contributed by atoms with Gasteiger partial charge in [0.05, 0.1) is 10.6 Å². The van der Waals surface area contributed by atoms with Crippen LogP contribution in [-0.2, 0) is 9.59 Å². The zero-order valence-electron chi connectivity index (χ0n) is 17.6. The number of barbiturate groups is 1. The van der Waals surface area contributed by atoms with E-state index in [1.165, 1.54) is 30.3 Å². The minimum absolute atomic E-state index is 0.0254. The molecule has 11 nitrogen and oxygen atoms in total. The first-order chi connectivity index (χ1) is 16.3. The highest BCUT2D eigenvalue weighted by Gasteiger charge is 2.37. The number of benzene rings is 2. The Labute approximate surface area is 191 Å². The molecule has 5 rings (SSSR count). The number of furan rings is 1. The third-order valence-corrected chi connectivity index (χ3v) is 5.32. The van der Waals surface area contributed by atoms with Crippen molar-refractivity contribution in [2.75, 3.05) is 11.7 Å². The van der Waals surface area contributed by atoms with Gasteiger partial charge in [-0.2, -0.15) is 0 Å². The molecule has 4 amide bonds. The molecule has 0 bridgehead atoms. The molecule has 170 valence electrons. The fourth-order valence-corrected chi connectivity index (χ4v) is 3.67. The maximum atomic E-state index is 13.1. The molecule has 11 heteroatoms. The number of nitro benzene ring substituents is 1. The number of fused-ring (bicyclic) bond motifs is 1. The van der Waals surface area contributed by atoms with Crippen molar-refractivity contribution >= 4 is 35.3 Å². The fourth-order valence-electron chi connectivity index (χ4n) is 3.67. The summed E-state index contributed by atoms with van der Waals surface area (Å²) in [5.74, 6) is -0.272. The molecule has 2 aromatic carbocycles. The number of imide groups is 2. The molecule has 0 atom stereocenters. The number of rotatable bonds is 4. The molecule has 1 saturated heterocycles. The van der Waals surface area contributed by atoms with E-state index in [1.807, 2.05) is 0 Å². The van der Waals surface area contributed by atoms with Crippen LogP contribution in [0.25, 0.3) is 17.4 Å². The average Bonchev–Trinajstić information content (AvgIpc) is 3.45. The molecule has 1 N–H and O–H groups in total. The lowest BCUT2D eigenvalue weighted by Gasteiger charge is -2.26. The number of nitrogens with one attached hydrogen (secondary N) is 1. The number of amides is 4. The summed E-state index contributed by atoms with van der Waals surface area (Å²) in [6, 6.07) is 11.1. The summed E-state index contributed by atoms with van der Waals surface area (Å²) in [4.78, 5) is 49.2. The van der Waals surface area contributed by atoms with E-state index in [-0.39, 0.29) is 29.5 Å². The summed E-state index contributed by atoms with van der Waals surface area (Å²) >= 11 is 0. The van der Waals surface area contributed by atoms with Gasteiger partial charge < -0.3 is 13.9 Å². The maximum absolute atomic E-state index is 13.1. The minimum atomic E-state index is -0.896. The number of hydrogen-bond donors (Lipinski definition) is 1. The Balaban J connectivity index is 1.46. The zero-order chi connectivity index (χ0) is 24.0. The normalized spacial score (nSPS) is 16.2. The van der Waals surface area contributed by atoms with E-state index in [9.17, 15) is 24.5 Å². The summed E-state index contributed by atoms with van der Waals surface area (Å²) in [6.07, 6.45) is 1.23. The first-order valence-electron chi connectivity index (χ1n) is 9.98. The van der Waals surface area contributed by atoms with Gasteiger partial charge >= 0.3 is 6.03 Å². The second-order valence-corrected chi connectivity index (χ2v) is 7.45. The van der Waals surface area contributed by atoms with Gasteiger partial charge in [0.15, 0.2) is 11.5 Å². The van der Waals surface area contributed by atoms with Crippen LogP contribution in [0.5, 0.6) is 11.5 Å². The number of non-ortho nitro benzene ring substituents is 1. The van der Waals surface area contributed by atoms with Crippen molar-refractivity contribution in [2.24, 2.45) is 0 Å². The Morgan fingerprint density at radius 3 is 2.59 bits per heavy atom. The highest BCUT2D eigenvalue weighted by molar-refractivity contribution is 6.39. The minimum Gasteiger partial charge on any atom is -0.457 e. The predicted octanol–water partition coefficient (Wildman–Crippen LogP) is 3.56. The second kappa shape index (κ2) is 7.89. The standard InChI is InChI=1S/C23H15N3O8/c1-12-8-14(26(30)31)2-5-16(12)18-7-4-15(34-18)10-17-21(27)24-23(29)25(22(17)28)13-3-6-19-20(9-13)33-11-32-19/h2-10H,11H2,1H3,(H,24,27,29)/b17-10-. The number of nitro groups is 1. The number of urea groups is 1. The summed E-state index contributed by atoms with van der Waals surface area (Å²) < 4.78 is 16.3. The molecule has 2 aliphatic rings. The van der Waals surface area contributed by atoms with Crippen LogP contribution in [0.3, 0.4) is 0 Å². The highest BCUT2D eigenvalue weighted by atomic mass is 16.7. The lowest BCUT2D eigenvalue weighted by atomic mass is 10.1. The van der Waals surface area contributed by atoms with Gasteiger partial charge in [0, 0.05) is 23.8 Å². The molecule has 0 radical (unpaired) electrons. The topological polar surface area (TPSA) is 141 Å². The molecular formula is C23H15N3O8. The van der Waals surface area contributed by atoms with Crippen LogP contribution in [0.15, 0.2) is 58.5 Å². The van der Waals surface area contributed by atoms with E-state index in [0.29, 0.717) is 28.4 Å². The zero-order valence-corrected chi connectivity index (χ0v) is 17.6. The van der Waals surface area contributed by atoms with E-state index in [4.69, 9.17) is 13.9 Å². The number of anilines is 1. The van der Waals surface area contributed by atoms with Crippen molar-refractivity contribution in [3.05, 3.63) is 75.5 Å². The van der Waals surface area contributed by atoms with E-state index in [2.05, 4.69) is 5.32 Å². The van der Waals surface area contributed by atoms with Crippen LogP contribution in [0.2, 0.25) is 0 Å². The van der Waals surface area contributed by atoms with Crippen molar-refractivity contribution in [3.63, 3.8) is 0 Å². The first-order valence-corrected chi connectivity index (χ1v) is 9.98. The molecule has 3 heterocycles. The molecule has 1 aromatic heterocycles. The fraction of sp³-hybridized carbons (Fsp3) is 0.0870. The lowest BCUT2D eigenvalue weighted by Crippen LogP contribution is -2.54. The molecule has 34 heavy (non-hydrogen) atoms. The monoisotopic (exact) mass is 461 g/mol. The van der Waals surface area contributed by atoms with Gasteiger partial charge in [-0.3, -0.25) is 25.0 Å². The van der Waals surface area contributed by atoms with Crippen molar-refractivity contribution in [2.45, 2.75) is 6.92 Å². The van der Waals surface area contributed by atoms with Crippen molar-refractivity contribution in [1.82, 2.24) is 5.32 Å². The summed E-state index contributed by atoms with van der Waals surface area (Å²) in [7, 11) is 0. The van der Waals surface area contributed by atoms with Crippen LogP contribution >= 0.6 is 0 Å². The molecule has 1 fully saturated rings. The summed E-state index contributed by atoms with van der Waals surface area (Å²) in [5, 5.41) is 13.1. The number of carbonyl (C=O) groups is 3. The van der Waals surface area contributed by atoms with E-state index in [1.54, 1.807) is 31.2 Å². The lowest BCUT2D eigenvalue weighted by molar-refractivity contribution is -0.384. The van der Waals surface area contributed by atoms with Crippen molar-refractivity contribution in [3.8, 4) is 22.8 Å². The maximum Gasteiger partial charge on any atom is 0.335 e. The van der Waals surface area contributed by atoms with E-state index < -0.39 is 22.8 Å². The molecule has 3 aromatic rings. The van der Waals surface area contributed by atoms with Crippen LogP contribution in [0.4, 0.5) is 16.2 Å². The van der Waals surface area contributed by atoms with Gasteiger partial charge in [0.2, 0.25) is 6.79 Å². The van der Waals surface area contributed by atoms with Gasteiger partial charge in [-0.05, 0) is 48.9 Å². The Morgan fingerprint density at radius 1 is 1.03 bits per heavy atom. The molecule has 0 aliphatic carbocycles. The summed E-state index contributed by atoms with van der Waals surface area (Å²) in [6.45, 7) is 1.73. The Morgan fingerprint density at radius 2 is 1.82 bits per heavy atom. The quantitative estimate of drug-likeness (QED) is 0.269. The predicted molar refractivity (Wildman–Crippen MR) is 117 cm³/mol. The van der Waals surface area contributed by atoms with Crippen LogP contribution in [-0.4, -0.2) is 29.6 Å². The van der Waals surface area contributed by atoms with Crippen LogP contribution in [0, 0.1) is 17.0 Å². The number of carbonyl (C=O) groups excluding carboxylic acids is 3.